The maximum Gasteiger partial charge on any atom is 0.341 e. The summed E-state index contributed by atoms with van der Waals surface area (Å²) >= 11 is 0. The predicted molar refractivity (Wildman–Crippen MR) is 60.0 cm³/mol. The Bertz CT molecular complexity index is 343. The minimum Gasteiger partial charge on any atom is -0.481 e. The summed E-state index contributed by atoms with van der Waals surface area (Å²) in [6.07, 6.45) is 0.314. The van der Waals surface area contributed by atoms with E-state index in [1.165, 1.54) is 0 Å². The van der Waals surface area contributed by atoms with Crippen molar-refractivity contribution < 1.29 is 28.3 Å². The molecule has 0 aromatic carbocycles. The van der Waals surface area contributed by atoms with E-state index in [4.69, 9.17) is 14.2 Å². The molecule has 98 valence electrons. The maximum atomic E-state index is 12.4. The van der Waals surface area contributed by atoms with Crippen molar-refractivity contribution in [3.63, 3.8) is 0 Å². The van der Waals surface area contributed by atoms with Crippen LogP contribution < -0.4 is 0 Å². The van der Waals surface area contributed by atoms with Crippen LogP contribution in [-0.2, 0) is 23.2 Å². The maximum absolute atomic E-state index is 12.4. The second kappa shape index (κ2) is 5.76. The van der Waals surface area contributed by atoms with Crippen LogP contribution in [0.4, 0.5) is 0 Å². The van der Waals surface area contributed by atoms with Crippen LogP contribution in [0.15, 0.2) is 0 Å². The zero-order valence-electron chi connectivity index (χ0n) is 9.92. The molecule has 0 heterocycles. The summed E-state index contributed by atoms with van der Waals surface area (Å²) in [6, 6.07) is 0. The molecule has 0 aromatic rings. The Kier molecular flexibility index (Phi) is 4.86. The lowest BCUT2D eigenvalue weighted by Gasteiger charge is -2.24. The van der Waals surface area contributed by atoms with Gasteiger partial charge in [-0.2, -0.15) is 0 Å². The van der Waals surface area contributed by atoms with Gasteiger partial charge in [0.15, 0.2) is 0 Å². The van der Waals surface area contributed by atoms with Crippen molar-refractivity contribution in [2.45, 2.75) is 32.3 Å². The smallest absolute Gasteiger partial charge is 0.341 e. The van der Waals surface area contributed by atoms with Crippen LogP contribution in [0, 0.1) is 5.92 Å². The van der Waals surface area contributed by atoms with Gasteiger partial charge in [0.2, 0.25) is 0 Å². The van der Waals surface area contributed by atoms with Gasteiger partial charge in [0.1, 0.15) is 11.4 Å². The molecule has 2 atom stereocenters. The summed E-state index contributed by atoms with van der Waals surface area (Å²) in [5, 5.41) is 9.02. The lowest BCUT2D eigenvalue weighted by molar-refractivity contribution is -0.142. The van der Waals surface area contributed by atoms with E-state index < -0.39 is 25.1 Å². The standard InChI is InChI=1S/C10H17O6P/c1-3-15-17(14,16-4-2)9-7(10(12)13)5-6-8(9)11/h7,9H,3-6H2,1-2H3,(H,12,13)/t7-,9+/m1/s1. The van der Waals surface area contributed by atoms with E-state index in [2.05, 4.69) is 0 Å². The Hall–Kier alpha value is -0.710. The molecule has 17 heavy (non-hydrogen) atoms. The fourth-order valence-electron chi connectivity index (χ4n) is 2.04. The van der Waals surface area contributed by atoms with Gasteiger partial charge in [-0.3, -0.25) is 14.2 Å². The molecule has 0 radical (unpaired) electrons. The van der Waals surface area contributed by atoms with E-state index >= 15 is 0 Å². The van der Waals surface area contributed by atoms with Crippen molar-refractivity contribution in [3.8, 4) is 0 Å². The Morgan fingerprint density at radius 2 is 1.94 bits per heavy atom. The third kappa shape index (κ3) is 2.94. The second-order valence-electron chi connectivity index (χ2n) is 3.77. The number of Topliss-reactive ketones (excluding diaryl/α,β-unsaturated/α-hetero) is 1. The number of rotatable bonds is 6. The van der Waals surface area contributed by atoms with Crippen LogP contribution in [0.5, 0.6) is 0 Å². The fourth-order valence-corrected chi connectivity index (χ4v) is 4.36. The molecule has 0 amide bonds. The van der Waals surface area contributed by atoms with Crippen LogP contribution in [0.25, 0.3) is 0 Å². The van der Waals surface area contributed by atoms with Gasteiger partial charge in [-0.1, -0.05) is 0 Å². The van der Waals surface area contributed by atoms with Crippen LogP contribution in [0.2, 0.25) is 0 Å². The van der Waals surface area contributed by atoms with Crippen molar-refractivity contribution in [1.82, 2.24) is 0 Å². The first-order chi connectivity index (χ1) is 7.96. The van der Waals surface area contributed by atoms with Crippen LogP contribution in [0.1, 0.15) is 26.7 Å². The number of carbonyl (C=O) groups is 2. The highest BCUT2D eigenvalue weighted by atomic mass is 31.2. The van der Waals surface area contributed by atoms with E-state index in [0.717, 1.165) is 0 Å². The number of ketones is 1. The van der Waals surface area contributed by atoms with Crippen LogP contribution in [0.3, 0.4) is 0 Å². The first-order valence-electron chi connectivity index (χ1n) is 5.60. The monoisotopic (exact) mass is 264 g/mol. The first kappa shape index (κ1) is 14.4. The van der Waals surface area contributed by atoms with Crippen LogP contribution in [-0.4, -0.2) is 35.7 Å². The first-order valence-corrected chi connectivity index (χ1v) is 7.21. The number of aliphatic carboxylic acids is 1. The summed E-state index contributed by atoms with van der Waals surface area (Å²) in [4.78, 5) is 22.7. The lowest BCUT2D eigenvalue weighted by Crippen LogP contribution is -2.29. The molecular weight excluding hydrogens is 247 g/mol. The number of carboxylic acids is 1. The van der Waals surface area contributed by atoms with Gasteiger partial charge >= 0.3 is 13.6 Å². The molecule has 0 spiro atoms. The molecule has 0 aromatic heterocycles. The zero-order chi connectivity index (χ0) is 13.1. The molecule has 0 aliphatic heterocycles. The molecular formula is C10H17O6P. The molecule has 1 fully saturated rings. The summed E-state index contributed by atoms with van der Waals surface area (Å²) in [5.74, 6) is -2.44. The topological polar surface area (TPSA) is 89.9 Å². The van der Waals surface area contributed by atoms with Gasteiger partial charge in [-0.05, 0) is 20.3 Å². The van der Waals surface area contributed by atoms with E-state index in [9.17, 15) is 14.2 Å². The largest absolute Gasteiger partial charge is 0.481 e. The number of carbonyl (C=O) groups excluding carboxylic acids is 1. The van der Waals surface area contributed by atoms with Crippen molar-refractivity contribution in [1.29, 1.82) is 0 Å². The van der Waals surface area contributed by atoms with Gasteiger partial charge in [0, 0.05) is 6.42 Å². The highest BCUT2D eigenvalue weighted by Crippen LogP contribution is 2.58. The lowest BCUT2D eigenvalue weighted by atomic mass is 10.1. The Morgan fingerprint density at radius 1 is 1.41 bits per heavy atom. The molecule has 1 rings (SSSR count). The molecule has 1 aliphatic rings. The Morgan fingerprint density at radius 3 is 2.35 bits per heavy atom. The zero-order valence-corrected chi connectivity index (χ0v) is 10.8. The van der Waals surface area contributed by atoms with Crippen molar-refractivity contribution in [2.75, 3.05) is 13.2 Å². The highest BCUT2D eigenvalue weighted by Gasteiger charge is 2.52. The summed E-state index contributed by atoms with van der Waals surface area (Å²) in [7, 11) is -3.66. The van der Waals surface area contributed by atoms with E-state index in [0.29, 0.717) is 0 Å². The number of hydrogen-bond acceptors (Lipinski definition) is 5. The highest BCUT2D eigenvalue weighted by molar-refractivity contribution is 7.55. The predicted octanol–water partition coefficient (Wildman–Crippen LogP) is 1.68. The van der Waals surface area contributed by atoms with Gasteiger partial charge < -0.3 is 14.2 Å². The molecule has 1 saturated carbocycles. The number of carboxylic acid groups (broad SMARTS) is 1. The minimum atomic E-state index is -3.66. The van der Waals surface area contributed by atoms with Gasteiger partial charge in [-0.15, -0.1) is 0 Å². The molecule has 6 nitrogen and oxygen atoms in total. The van der Waals surface area contributed by atoms with Crippen molar-refractivity contribution >= 4 is 19.3 Å². The van der Waals surface area contributed by atoms with Crippen molar-refractivity contribution in [3.05, 3.63) is 0 Å². The van der Waals surface area contributed by atoms with Gasteiger partial charge in [-0.25, -0.2) is 0 Å². The minimum absolute atomic E-state index is 0.117. The number of hydrogen-bond donors (Lipinski definition) is 1. The third-order valence-electron chi connectivity index (χ3n) is 2.69. The quantitative estimate of drug-likeness (QED) is 0.734. The SMILES string of the molecule is CCOP(=O)(OCC)[C@@H]1C(=O)CC[C@H]1C(=O)O. The molecule has 1 aliphatic carbocycles. The van der Waals surface area contributed by atoms with Gasteiger partial charge in [0.05, 0.1) is 19.1 Å². The Balaban J connectivity index is 3.02. The average molecular weight is 264 g/mol. The average Bonchev–Trinajstić information content (AvgIpc) is 2.61. The van der Waals surface area contributed by atoms with E-state index in [1.54, 1.807) is 13.8 Å². The molecule has 1 N–H and O–H groups in total. The second-order valence-corrected chi connectivity index (χ2v) is 5.92. The van der Waals surface area contributed by atoms with Crippen molar-refractivity contribution in [2.24, 2.45) is 5.92 Å². The summed E-state index contributed by atoms with van der Waals surface area (Å²) < 4.78 is 22.5. The summed E-state index contributed by atoms with van der Waals surface area (Å²) in [5.41, 5.74) is -1.15. The third-order valence-corrected chi connectivity index (χ3v) is 5.25. The molecule has 0 unspecified atom stereocenters. The molecule has 0 bridgehead atoms. The van der Waals surface area contributed by atoms with Crippen LogP contribution >= 0.6 is 7.60 Å². The van der Waals surface area contributed by atoms with Gasteiger partial charge in [0.25, 0.3) is 0 Å². The van der Waals surface area contributed by atoms with E-state index in [-0.39, 0.29) is 31.8 Å². The fraction of sp³-hybridized carbons (Fsp3) is 0.800. The molecule has 0 saturated heterocycles. The molecule has 7 heteroatoms. The summed E-state index contributed by atoms with van der Waals surface area (Å²) in [6.45, 7) is 3.49. The van der Waals surface area contributed by atoms with E-state index in [1.807, 2.05) is 0 Å². The Labute approximate surface area is 99.8 Å². The normalized spacial score (nSPS) is 25.2.